The van der Waals surface area contributed by atoms with Crippen molar-refractivity contribution in [1.82, 2.24) is 5.43 Å². The van der Waals surface area contributed by atoms with E-state index < -0.39 is 27.4 Å². The number of nitrogens with one attached hydrogen (secondary N) is 1. The number of nitro groups is 1. The number of methoxy groups -OCH3 is 1. The lowest BCUT2D eigenvalue weighted by atomic mass is 10.2. The van der Waals surface area contributed by atoms with Crippen LogP contribution in [-0.4, -0.2) is 39.1 Å². The van der Waals surface area contributed by atoms with E-state index in [1.54, 1.807) is 24.3 Å². The Kier molecular flexibility index (Phi) is 7.97. The second kappa shape index (κ2) is 10.9. The highest BCUT2D eigenvalue weighted by atomic mass is 79.9. The SMILES string of the molecule is COc1ccc(Br)cc1/C=N\NC(=O)CN(c1cccc([N+](=O)[O-])c1)S(=O)(=O)c1ccccc1. The summed E-state index contributed by atoms with van der Waals surface area (Å²) >= 11 is 3.34. The highest BCUT2D eigenvalue weighted by molar-refractivity contribution is 9.10. The van der Waals surface area contributed by atoms with Gasteiger partial charge in [-0.25, -0.2) is 13.8 Å². The van der Waals surface area contributed by atoms with Crippen molar-refractivity contribution in [2.24, 2.45) is 5.10 Å². The lowest BCUT2D eigenvalue weighted by molar-refractivity contribution is -0.384. The molecule has 34 heavy (non-hydrogen) atoms. The predicted octanol–water partition coefficient (Wildman–Crippen LogP) is 3.71. The number of sulfonamides is 1. The van der Waals surface area contributed by atoms with Gasteiger partial charge in [0.15, 0.2) is 0 Å². The number of carbonyl (C=O) groups excluding carboxylic acids is 1. The number of benzene rings is 3. The van der Waals surface area contributed by atoms with Gasteiger partial charge in [-0.3, -0.25) is 19.2 Å². The largest absolute Gasteiger partial charge is 0.496 e. The molecule has 0 heterocycles. The zero-order valence-corrected chi connectivity index (χ0v) is 20.2. The molecule has 3 aromatic rings. The molecule has 0 aliphatic rings. The van der Waals surface area contributed by atoms with Crippen molar-refractivity contribution in [3.05, 3.63) is 92.9 Å². The first kappa shape index (κ1) is 24.9. The Morgan fingerprint density at radius 1 is 1.15 bits per heavy atom. The van der Waals surface area contributed by atoms with Crippen LogP contribution in [0, 0.1) is 10.1 Å². The number of nitro benzene ring substituents is 1. The van der Waals surface area contributed by atoms with E-state index in [-0.39, 0.29) is 16.3 Å². The lowest BCUT2D eigenvalue weighted by Gasteiger charge is -2.23. The molecule has 0 aromatic heterocycles. The minimum atomic E-state index is -4.21. The number of hydrogen-bond acceptors (Lipinski definition) is 7. The second-order valence-electron chi connectivity index (χ2n) is 6.78. The van der Waals surface area contributed by atoms with Crippen LogP contribution in [0.15, 0.2) is 87.3 Å². The number of amides is 1. The Hall–Kier alpha value is -3.77. The first-order chi connectivity index (χ1) is 16.2. The number of rotatable bonds is 9. The maximum Gasteiger partial charge on any atom is 0.271 e. The average Bonchev–Trinajstić information content (AvgIpc) is 2.83. The van der Waals surface area contributed by atoms with Crippen molar-refractivity contribution in [1.29, 1.82) is 0 Å². The summed E-state index contributed by atoms with van der Waals surface area (Å²) in [6, 6.07) is 17.7. The Labute approximate surface area is 204 Å². The quantitative estimate of drug-likeness (QED) is 0.247. The third-order valence-corrected chi connectivity index (χ3v) is 6.81. The monoisotopic (exact) mass is 546 g/mol. The first-order valence-electron chi connectivity index (χ1n) is 9.70. The predicted molar refractivity (Wildman–Crippen MR) is 131 cm³/mol. The number of anilines is 1. The van der Waals surface area contributed by atoms with Crippen LogP contribution in [0.25, 0.3) is 0 Å². The number of hydrogen-bond donors (Lipinski definition) is 1. The Morgan fingerprint density at radius 2 is 1.88 bits per heavy atom. The fraction of sp³-hybridized carbons (Fsp3) is 0.0909. The van der Waals surface area contributed by atoms with Gasteiger partial charge in [0.2, 0.25) is 0 Å². The van der Waals surface area contributed by atoms with E-state index in [0.717, 1.165) is 14.8 Å². The van der Waals surface area contributed by atoms with Gasteiger partial charge in [-0.2, -0.15) is 5.10 Å². The molecule has 0 radical (unpaired) electrons. The van der Waals surface area contributed by atoms with Crippen LogP contribution in [-0.2, 0) is 14.8 Å². The van der Waals surface area contributed by atoms with E-state index in [9.17, 15) is 23.3 Å². The Bertz CT molecular complexity index is 1330. The van der Waals surface area contributed by atoms with E-state index in [4.69, 9.17) is 4.74 Å². The second-order valence-corrected chi connectivity index (χ2v) is 9.56. The highest BCUT2D eigenvalue weighted by Crippen LogP contribution is 2.27. The summed E-state index contributed by atoms with van der Waals surface area (Å²) in [5.41, 5.74) is 2.51. The molecule has 0 bridgehead atoms. The smallest absolute Gasteiger partial charge is 0.271 e. The number of halogens is 1. The van der Waals surface area contributed by atoms with Gasteiger partial charge in [0.1, 0.15) is 12.3 Å². The summed E-state index contributed by atoms with van der Waals surface area (Å²) in [4.78, 5) is 23.1. The number of ether oxygens (including phenoxy) is 1. The van der Waals surface area contributed by atoms with Crippen LogP contribution in [0.5, 0.6) is 5.75 Å². The fourth-order valence-corrected chi connectivity index (χ4v) is 4.75. The van der Waals surface area contributed by atoms with Gasteiger partial charge in [0, 0.05) is 22.2 Å². The zero-order valence-electron chi connectivity index (χ0n) is 17.8. The standard InChI is InChI=1S/C22H19BrN4O6S/c1-33-21-11-10-17(23)12-16(21)14-24-25-22(28)15-26(18-6-5-7-19(13-18)27(29)30)34(31,32)20-8-3-2-4-9-20/h2-14H,15H2,1H3,(H,25,28)/b24-14-. The molecule has 12 heteroatoms. The molecule has 10 nitrogen and oxygen atoms in total. The molecule has 0 spiro atoms. The van der Waals surface area contributed by atoms with Crippen molar-refractivity contribution < 1.29 is 22.9 Å². The molecule has 0 atom stereocenters. The Morgan fingerprint density at radius 3 is 2.56 bits per heavy atom. The van der Waals surface area contributed by atoms with Crippen LogP contribution in [0.2, 0.25) is 0 Å². The molecule has 0 aliphatic heterocycles. The van der Waals surface area contributed by atoms with Crippen molar-refractivity contribution in [2.75, 3.05) is 18.0 Å². The topological polar surface area (TPSA) is 131 Å². The van der Waals surface area contributed by atoms with Gasteiger partial charge in [0.25, 0.3) is 21.6 Å². The Balaban J connectivity index is 1.89. The summed E-state index contributed by atoms with van der Waals surface area (Å²) in [5, 5.41) is 15.1. The summed E-state index contributed by atoms with van der Waals surface area (Å²) < 4.78 is 33.4. The molecule has 3 rings (SSSR count). The number of non-ortho nitro benzene ring substituents is 1. The highest BCUT2D eigenvalue weighted by Gasteiger charge is 2.28. The van der Waals surface area contributed by atoms with Crippen molar-refractivity contribution in [3.8, 4) is 5.75 Å². The minimum absolute atomic E-state index is 0.0363. The molecule has 0 saturated heterocycles. The minimum Gasteiger partial charge on any atom is -0.496 e. The van der Waals surface area contributed by atoms with Crippen LogP contribution in [0.3, 0.4) is 0 Å². The molecule has 0 unspecified atom stereocenters. The maximum atomic E-state index is 13.3. The van der Waals surface area contributed by atoms with E-state index in [0.29, 0.717) is 11.3 Å². The number of hydrazone groups is 1. The van der Waals surface area contributed by atoms with Crippen LogP contribution in [0.1, 0.15) is 5.56 Å². The van der Waals surface area contributed by atoms with E-state index >= 15 is 0 Å². The number of carbonyl (C=O) groups is 1. The van der Waals surface area contributed by atoms with Gasteiger partial charge in [0.05, 0.1) is 28.8 Å². The van der Waals surface area contributed by atoms with Crippen molar-refractivity contribution in [2.45, 2.75) is 4.90 Å². The molecule has 0 saturated carbocycles. The molecule has 1 amide bonds. The maximum absolute atomic E-state index is 13.3. The molecular weight excluding hydrogens is 528 g/mol. The molecule has 0 aliphatic carbocycles. The lowest BCUT2D eigenvalue weighted by Crippen LogP contribution is -2.39. The molecule has 176 valence electrons. The first-order valence-corrected chi connectivity index (χ1v) is 11.9. The normalized spacial score (nSPS) is 11.2. The van der Waals surface area contributed by atoms with Gasteiger partial charge >= 0.3 is 0 Å². The fourth-order valence-electron chi connectivity index (χ4n) is 2.94. The molecular formula is C22H19BrN4O6S. The van der Waals surface area contributed by atoms with Crippen LogP contribution < -0.4 is 14.5 Å². The summed E-state index contributed by atoms with van der Waals surface area (Å²) in [7, 11) is -2.72. The molecule has 1 N–H and O–H groups in total. The van der Waals surface area contributed by atoms with E-state index in [2.05, 4.69) is 26.5 Å². The summed E-state index contributed by atoms with van der Waals surface area (Å²) in [6.07, 6.45) is 1.35. The van der Waals surface area contributed by atoms with Gasteiger partial charge in [-0.1, -0.05) is 40.2 Å². The molecule has 0 fully saturated rings. The van der Waals surface area contributed by atoms with E-state index in [1.165, 1.54) is 55.8 Å². The summed E-state index contributed by atoms with van der Waals surface area (Å²) in [6.45, 7) is -0.661. The zero-order chi connectivity index (χ0) is 24.7. The van der Waals surface area contributed by atoms with Gasteiger partial charge < -0.3 is 4.74 Å². The third kappa shape index (κ3) is 5.97. The van der Waals surface area contributed by atoms with Gasteiger partial charge in [-0.05, 0) is 36.4 Å². The molecule has 3 aromatic carbocycles. The number of nitrogens with zero attached hydrogens (tertiary/aromatic N) is 3. The van der Waals surface area contributed by atoms with Gasteiger partial charge in [-0.15, -0.1) is 0 Å². The summed E-state index contributed by atoms with van der Waals surface area (Å²) in [5.74, 6) is -0.234. The van der Waals surface area contributed by atoms with Crippen molar-refractivity contribution >= 4 is 49.4 Å². The van der Waals surface area contributed by atoms with E-state index in [1.807, 2.05) is 0 Å². The van der Waals surface area contributed by atoms with Crippen LogP contribution >= 0.6 is 15.9 Å². The van der Waals surface area contributed by atoms with Crippen LogP contribution in [0.4, 0.5) is 11.4 Å². The van der Waals surface area contributed by atoms with Crippen molar-refractivity contribution in [3.63, 3.8) is 0 Å². The third-order valence-electron chi connectivity index (χ3n) is 4.53. The average molecular weight is 547 g/mol.